The summed E-state index contributed by atoms with van der Waals surface area (Å²) in [4.78, 5) is 42.7. The number of fused-ring (bicyclic) bond motifs is 1. The van der Waals surface area contributed by atoms with Gasteiger partial charge in [0.15, 0.2) is 0 Å². The van der Waals surface area contributed by atoms with E-state index in [-0.39, 0.29) is 12.0 Å². The molecule has 31 heavy (non-hydrogen) atoms. The summed E-state index contributed by atoms with van der Waals surface area (Å²) in [5, 5.41) is 0.660. The predicted molar refractivity (Wildman–Crippen MR) is 112 cm³/mol. The number of carbonyl (C=O) groups excluding carboxylic acids is 3. The van der Waals surface area contributed by atoms with Crippen LogP contribution in [0.15, 0.2) is 61.6 Å². The van der Waals surface area contributed by atoms with Crippen molar-refractivity contribution in [3.8, 4) is 0 Å². The van der Waals surface area contributed by atoms with Gasteiger partial charge in [-0.15, -0.1) is 6.58 Å². The number of rotatable bonds is 6. The van der Waals surface area contributed by atoms with Gasteiger partial charge in [-0.3, -0.25) is 4.79 Å². The number of aryl methyl sites for hydroxylation is 1. The zero-order valence-corrected chi connectivity index (χ0v) is 17.2. The van der Waals surface area contributed by atoms with Gasteiger partial charge < -0.3 is 18.6 Å². The van der Waals surface area contributed by atoms with Gasteiger partial charge in [0, 0.05) is 48.5 Å². The number of nitrogens with zero attached hydrogens (tertiary/aromatic N) is 3. The zero-order chi connectivity index (χ0) is 22.2. The molecule has 2 aromatic heterocycles. The molecule has 0 amide bonds. The first kappa shape index (κ1) is 20.3. The number of aromatic nitrogens is 3. The first-order chi connectivity index (χ1) is 14.8. The molecule has 8 nitrogen and oxygen atoms in total. The number of ketones is 1. The molecular formula is C23H21N3O5. The van der Waals surface area contributed by atoms with Crippen LogP contribution in [0.3, 0.4) is 0 Å². The normalized spacial score (nSPS) is 15.4. The largest absolute Gasteiger partial charge is 0.411 e. The van der Waals surface area contributed by atoms with E-state index >= 15 is 0 Å². The van der Waals surface area contributed by atoms with Gasteiger partial charge in [0.2, 0.25) is 5.78 Å². The molecule has 1 aliphatic rings. The summed E-state index contributed by atoms with van der Waals surface area (Å²) >= 11 is 0. The molecule has 0 unspecified atom stereocenters. The molecule has 0 spiro atoms. The number of hydrogen-bond donors (Lipinski definition) is 0. The number of ether oxygens (including phenoxy) is 2. The van der Waals surface area contributed by atoms with Crippen LogP contribution >= 0.6 is 0 Å². The Morgan fingerprint density at radius 2 is 1.87 bits per heavy atom. The molecule has 1 aromatic carbocycles. The van der Waals surface area contributed by atoms with E-state index in [4.69, 9.17) is 9.47 Å². The van der Waals surface area contributed by atoms with Crippen molar-refractivity contribution < 1.29 is 23.9 Å². The second kappa shape index (κ2) is 7.71. The van der Waals surface area contributed by atoms with Crippen LogP contribution in [0.1, 0.15) is 21.7 Å². The fourth-order valence-corrected chi connectivity index (χ4v) is 3.73. The van der Waals surface area contributed by atoms with Crippen LogP contribution < -0.4 is 0 Å². The zero-order valence-electron chi connectivity index (χ0n) is 17.2. The van der Waals surface area contributed by atoms with Crippen LogP contribution in [0.5, 0.6) is 0 Å². The van der Waals surface area contributed by atoms with E-state index in [9.17, 15) is 14.4 Å². The van der Waals surface area contributed by atoms with Crippen molar-refractivity contribution in [1.29, 1.82) is 0 Å². The number of imidazole rings is 1. The lowest BCUT2D eigenvalue weighted by atomic mass is 9.97. The van der Waals surface area contributed by atoms with E-state index in [2.05, 4.69) is 11.6 Å². The third-order valence-corrected chi connectivity index (χ3v) is 5.30. The maximum atomic E-state index is 13.8. The molecule has 0 fully saturated rings. The SMILES string of the molecule is C=CCn1cnc(CC2(C(=O)c3cn(C)c4ccccc34)OC(=O)C=CC(=O)O2)c1C. The highest BCUT2D eigenvalue weighted by Gasteiger charge is 2.49. The highest BCUT2D eigenvalue weighted by atomic mass is 16.7. The van der Waals surface area contributed by atoms with Crippen molar-refractivity contribution in [3.05, 3.63) is 78.5 Å². The lowest BCUT2D eigenvalue weighted by Gasteiger charge is -2.29. The first-order valence-electron chi connectivity index (χ1n) is 9.69. The van der Waals surface area contributed by atoms with Crippen LogP contribution in [-0.2, 0) is 39.1 Å². The summed E-state index contributed by atoms with van der Waals surface area (Å²) in [5.41, 5.74) is 2.31. The smallest absolute Gasteiger partial charge is 0.334 e. The van der Waals surface area contributed by atoms with E-state index in [0.717, 1.165) is 23.4 Å². The molecule has 3 aromatic rings. The molecular weight excluding hydrogens is 398 g/mol. The molecule has 4 rings (SSSR count). The molecule has 0 bridgehead atoms. The predicted octanol–water partition coefficient (Wildman–Crippen LogP) is 2.65. The molecule has 1 aliphatic heterocycles. The third kappa shape index (κ3) is 3.56. The van der Waals surface area contributed by atoms with E-state index in [1.807, 2.05) is 23.6 Å². The first-order valence-corrected chi connectivity index (χ1v) is 9.69. The molecule has 0 radical (unpaired) electrons. The Kier molecular flexibility index (Phi) is 5.06. The number of hydrogen-bond acceptors (Lipinski definition) is 6. The summed E-state index contributed by atoms with van der Waals surface area (Å²) in [6.45, 7) is 6.05. The lowest BCUT2D eigenvalue weighted by molar-refractivity contribution is -0.201. The highest BCUT2D eigenvalue weighted by Crippen LogP contribution is 2.31. The van der Waals surface area contributed by atoms with Crippen molar-refractivity contribution in [3.63, 3.8) is 0 Å². The topological polar surface area (TPSA) is 92.4 Å². The average Bonchev–Trinajstić information content (AvgIpc) is 3.21. The second-order valence-electron chi connectivity index (χ2n) is 7.32. The summed E-state index contributed by atoms with van der Waals surface area (Å²) < 4.78 is 14.6. The summed E-state index contributed by atoms with van der Waals surface area (Å²) in [7, 11) is 1.81. The van der Waals surface area contributed by atoms with Crippen molar-refractivity contribution in [2.24, 2.45) is 7.05 Å². The van der Waals surface area contributed by atoms with Crippen LogP contribution in [-0.4, -0.2) is 37.6 Å². The van der Waals surface area contributed by atoms with Crippen molar-refractivity contribution in [2.45, 2.75) is 25.7 Å². The molecule has 0 saturated heterocycles. The number of para-hydroxylation sites is 1. The van der Waals surface area contributed by atoms with E-state index in [1.54, 1.807) is 42.3 Å². The van der Waals surface area contributed by atoms with E-state index < -0.39 is 23.5 Å². The maximum Gasteiger partial charge on any atom is 0.334 e. The van der Waals surface area contributed by atoms with Crippen molar-refractivity contribution in [2.75, 3.05) is 0 Å². The molecule has 3 heterocycles. The van der Waals surface area contributed by atoms with Crippen molar-refractivity contribution >= 4 is 28.6 Å². The Hall–Kier alpha value is -3.94. The number of Topliss-reactive ketones (excluding diaryl/α,β-unsaturated/α-hetero) is 1. The van der Waals surface area contributed by atoms with Gasteiger partial charge in [0.05, 0.1) is 24.0 Å². The number of esters is 2. The molecule has 0 aliphatic carbocycles. The molecule has 0 N–H and O–H groups in total. The number of cyclic esters (lactones) is 2. The van der Waals surface area contributed by atoms with Gasteiger partial charge >= 0.3 is 17.7 Å². The van der Waals surface area contributed by atoms with Crippen LogP contribution in [0.4, 0.5) is 0 Å². The third-order valence-electron chi connectivity index (χ3n) is 5.30. The monoisotopic (exact) mass is 419 g/mol. The molecule has 158 valence electrons. The van der Waals surface area contributed by atoms with Crippen LogP contribution in [0, 0.1) is 6.92 Å². The minimum atomic E-state index is -2.18. The summed E-state index contributed by atoms with van der Waals surface area (Å²) in [6.07, 6.45) is 6.63. The Morgan fingerprint density at radius 1 is 1.19 bits per heavy atom. The fourth-order valence-electron chi connectivity index (χ4n) is 3.73. The quantitative estimate of drug-likeness (QED) is 0.347. The maximum absolute atomic E-state index is 13.8. The molecule has 8 heteroatoms. The van der Waals surface area contributed by atoms with Crippen molar-refractivity contribution in [1.82, 2.24) is 14.1 Å². The number of benzene rings is 1. The van der Waals surface area contributed by atoms with E-state index in [0.29, 0.717) is 17.6 Å². The minimum Gasteiger partial charge on any atom is -0.411 e. The van der Waals surface area contributed by atoms with Gasteiger partial charge in [-0.25, -0.2) is 14.6 Å². The second-order valence-corrected chi connectivity index (χ2v) is 7.32. The van der Waals surface area contributed by atoms with E-state index in [1.165, 1.54) is 0 Å². The van der Waals surface area contributed by atoms with Crippen LogP contribution in [0.2, 0.25) is 0 Å². The van der Waals surface area contributed by atoms with Gasteiger partial charge in [-0.1, -0.05) is 24.3 Å². The molecule has 0 atom stereocenters. The Bertz CT molecular complexity index is 1230. The Morgan fingerprint density at radius 3 is 2.55 bits per heavy atom. The lowest BCUT2D eigenvalue weighted by Crippen LogP contribution is -2.48. The van der Waals surface area contributed by atoms with Gasteiger partial charge in [-0.05, 0) is 13.0 Å². The van der Waals surface area contributed by atoms with Crippen LogP contribution in [0.25, 0.3) is 10.9 Å². The average molecular weight is 419 g/mol. The highest BCUT2D eigenvalue weighted by molar-refractivity contribution is 6.13. The number of carbonyl (C=O) groups is 3. The molecule has 0 saturated carbocycles. The minimum absolute atomic E-state index is 0.218. The number of allylic oxidation sites excluding steroid dienone is 1. The Balaban J connectivity index is 1.84. The van der Waals surface area contributed by atoms with Gasteiger partial charge in [0.1, 0.15) is 0 Å². The van der Waals surface area contributed by atoms with Gasteiger partial charge in [-0.2, -0.15) is 0 Å². The fraction of sp³-hybridized carbons (Fsp3) is 0.217. The van der Waals surface area contributed by atoms with Gasteiger partial charge in [0.25, 0.3) is 0 Å². The standard InChI is InChI=1S/C23H21N3O5/c1-4-11-26-14-24-18(15(26)2)12-23(30-20(27)9-10-21(28)31-23)22(29)17-13-25(3)19-8-6-5-7-16(17)19/h4-10,13-14H,1,11-12H2,2-3H3. The summed E-state index contributed by atoms with van der Waals surface area (Å²) in [6, 6.07) is 7.32. The Labute approximate surface area is 178 Å². The summed E-state index contributed by atoms with van der Waals surface area (Å²) in [5.74, 6) is -4.50.